The van der Waals surface area contributed by atoms with Crippen LogP contribution in [0.2, 0.25) is 10.0 Å². The molecule has 3 aromatic rings. The van der Waals surface area contributed by atoms with E-state index in [2.05, 4.69) is 11.1 Å². The summed E-state index contributed by atoms with van der Waals surface area (Å²) in [5.74, 6) is -1.11. The summed E-state index contributed by atoms with van der Waals surface area (Å²) in [5.41, 5.74) is 8.28. The molecule has 11 heteroatoms. The molecular formula is C29H19Cl2N5O3S. The molecule has 2 fully saturated rings. The minimum atomic E-state index is -0.821. The molecule has 1 aromatic heterocycles. The molecular weight excluding hydrogens is 569 g/mol. The maximum absolute atomic E-state index is 13.3. The first-order chi connectivity index (χ1) is 19.2. The zero-order valence-corrected chi connectivity index (χ0v) is 23.1. The molecule has 2 aliphatic rings. The van der Waals surface area contributed by atoms with Crippen LogP contribution in [0, 0.1) is 22.7 Å². The molecule has 1 aliphatic heterocycles. The number of benzene rings is 2. The second-order valence-corrected chi connectivity index (χ2v) is 11.2. The summed E-state index contributed by atoms with van der Waals surface area (Å²) in [5, 5.41) is 19.5. The lowest BCUT2D eigenvalue weighted by atomic mass is 10.0. The van der Waals surface area contributed by atoms with Crippen molar-refractivity contribution in [3.05, 3.63) is 86.4 Å². The molecule has 0 spiro atoms. The van der Waals surface area contributed by atoms with Crippen LogP contribution in [0.25, 0.3) is 6.08 Å². The fraction of sp³-hybridized carbons (Fsp3) is 0.172. The van der Waals surface area contributed by atoms with Crippen molar-refractivity contribution >= 4 is 70.1 Å². The van der Waals surface area contributed by atoms with Crippen molar-refractivity contribution in [2.75, 3.05) is 10.6 Å². The van der Waals surface area contributed by atoms with Crippen LogP contribution in [0.5, 0.6) is 0 Å². The van der Waals surface area contributed by atoms with Gasteiger partial charge in [-0.05, 0) is 72.4 Å². The zero-order valence-electron chi connectivity index (χ0n) is 20.7. The predicted molar refractivity (Wildman–Crippen MR) is 153 cm³/mol. The molecule has 40 heavy (non-hydrogen) atoms. The highest BCUT2D eigenvalue weighted by Crippen LogP contribution is 2.47. The van der Waals surface area contributed by atoms with Crippen molar-refractivity contribution < 1.29 is 14.4 Å². The van der Waals surface area contributed by atoms with Gasteiger partial charge in [0, 0.05) is 12.0 Å². The van der Waals surface area contributed by atoms with Crippen LogP contribution in [0.15, 0.2) is 53.6 Å². The van der Waals surface area contributed by atoms with Crippen molar-refractivity contribution in [2.45, 2.75) is 35.5 Å². The number of thioether (sulfide) groups is 1. The molecule has 2 N–H and O–H groups in total. The number of allylic oxidation sites excluding steroid dienone is 1. The van der Waals surface area contributed by atoms with Crippen LogP contribution in [0.4, 0.5) is 11.5 Å². The summed E-state index contributed by atoms with van der Waals surface area (Å²) in [7, 11) is 0. The van der Waals surface area contributed by atoms with Crippen molar-refractivity contribution in [3.63, 3.8) is 0 Å². The monoisotopic (exact) mass is 587 g/mol. The number of carbonyl (C=O) groups excluding carboxylic acids is 3. The third-order valence-corrected chi connectivity index (χ3v) is 8.61. The molecule has 8 nitrogen and oxygen atoms in total. The van der Waals surface area contributed by atoms with E-state index in [9.17, 15) is 24.9 Å². The Labute approximate surface area is 244 Å². The zero-order chi connectivity index (χ0) is 28.6. The molecule has 1 atom stereocenters. The molecule has 2 heterocycles. The normalized spacial score (nSPS) is 16.8. The first-order valence-electron chi connectivity index (χ1n) is 12.2. The number of imide groups is 1. The van der Waals surface area contributed by atoms with Gasteiger partial charge in [0.25, 0.3) is 0 Å². The number of amides is 2. The van der Waals surface area contributed by atoms with Crippen LogP contribution in [0.1, 0.15) is 57.8 Å². The van der Waals surface area contributed by atoms with E-state index in [0.29, 0.717) is 32.4 Å². The number of nitrogens with two attached hydrogens (primary N) is 1. The second-order valence-electron chi connectivity index (χ2n) is 9.23. The standard InChI is InChI=1S/C29H19Cl2N5O3S/c30-21-3-1-2-17(26(21)31)8-11-22(37)15-6-9-18(10-7-15)36-24(38)12-23(29(36)39)40-28-20(14-33)25(16-4-5-16)19(13-32)27(34)35-28/h1-3,6-11,16,23H,4-5,12H2,(H2,34,35). The number of anilines is 2. The maximum Gasteiger partial charge on any atom is 0.247 e. The number of pyridine rings is 1. The Morgan fingerprint density at radius 2 is 1.77 bits per heavy atom. The Morgan fingerprint density at radius 1 is 1.07 bits per heavy atom. The SMILES string of the molecule is N#Cc1c(N)nc(SC2CC(=O)N(c3ccc(C(=O)C=Cc4cccc(Cl)c4Cl)cc3)C2=O)c(C#N)c1C1CC1. The van der Waals surface area contributed by atoms with Crippen LogP contribution >= 0.6 is 35.0 Å². The van der Waals surface area contributed by atoms with E-state index in [1.165, 1.54) is 30.3 Å². The van der Waals surface area contributed by atoms with Crippen molar-refractivity contribution in [1.29, 1.82) is 10.5 Å². The second kappa shape index (κ2) is 11.1. The first kappa shape index (κ1) is 27.4. The van der Waals surface area contributed by atoms with E-state index < -0.39 is 17.1 Å². The average Bonchev–Trinajstić information content (AvgIpc) is 3.74. The van der Waals surface area contributed by atoms with Gasteiger partial charge < -0.3 is 5.73 Å². The fourth-order valence-electron chi connectivity index (χ4n) is 4.48. The van der Waals surface area contributed by atoms with Gasteiger partial charge in [-0.25, -0.2) is 9.88 Å². The number of nitrogens with zero attached hydrogens (tertiary/aromatic N) is 4. The van der Waals surface area contributed by atoms with Crippen molar-refractivity contribution in [2.24, 2.45) is 0 Å². The fourth-order valence-corrected chi connectivity index (χ4v) is 5.98. The highest BCUT2D eigenvalue weighted by atomic mass is 35.5. The number of rotatable bonds is 7. The highest BCUT2D eigenvalue weighted by Gasteiger charge is 2.42. The first-order valence-corrected chi connectivity index (χ1v) is 13.8. The molecule has 1 unspecified atom stereocenters. The van der Waals surface area contributed by atoms with Gasteiger partial charge in [-0.2, -0.15) is 10.5 Å². The summed E-state index contributed by atoms with van der Waals surface area (Å²) in [6, 6.07) is 15.4. The van der Waals surface area contributed by atoms with Gasteiger partial charge in [-0.3, -0.25) is 14.4 Å². The number of nitrogen functional groups attached to an aromatic ring is 1. The minimum Gasteiger partial charge on any atom is -0.383 e. The number of hydrogen-bond acceptors (Lipinski definition) is 8. The summed E-state index contributed by atoms with van der Waals surface area (Å²) in [6.07, 6.45) is 4.51. The molecule has 0 bridgehead atoms. The average molecular weight is 588 g/mol. The minimum absolute atomic E-state index is 0.00599. The largest absolute Gasteiger partial charge is 0.383 e. The van der Waals surface area contributed by atoms with E-state index in [-0.39, 0.29) is 40.1 Å². The topological polar surface area (TPSA) is 141 Å². The molecule has 1 saturated heterocycles. The Hall–Kier alpha value is -4.15. The van der Waals surface area contributed by atoms with E-state index in [0.717, 1.165) is 29.5 Å². The molecule has 1 saturated carbocycles. The molecule has 2 aromatic carbocycles. The van der Waals surface area contributed by atoms with Crippen LogP contribution < -0.4 is 10.6 Å². The van der Waals surface area contributed by atoms with Gasteiger partial charge in [0.15, 0.2) is 5.78 Å². The Bertz CT molecular complexity index is 1690. The van der Waals surface area contributed by atoms with Gasteiger partial charge in [-0.15, -0.1) is 0 Å². The number of hydrogen-bond donors (Lipinski definition) is 1. The van der Waals surface area contributed by atoms with E-state index in [1.807, 2.05) is 6.07 Å². The quantitative estimate of drug-likeness (QED) is 0.204. The number of aromatic nitrogens is 1. The van der Waals surface area contributed by atoms with Crippen LogP contribution in [0.3, 0.4) is 0 Å². The van der Waals surface area contributed by atoms with E-state index in [4.69, 9.17) is 28.9 Å². The summed E-state index contributed by atoms with van der Waals surface area (Å²) in [4.78, 5) is 44.1. The summed E-state index contributed by atoms with van der Waals surface area (Å²) >= 11 is 13.2. The van der Waals surface area contributed by atoms with Gasteiger partial charge in [0.05, 0.1) is 32.1 Å². The summed E-state index contributed by atoms with van der Waals surface area (Å²) in [6.45, 7) is 0. The molecule has 5 rings (SSSR count). The predicted octanol–water partition coefficient (Wildman–Crippen LogP) is 5.91. The van der Waals surface area contributed by atoms with Gasteiger partial charge in [0.1, 0.15) is 23.0 Å². The third-order valence-electron chi connectivity index (χ3n) is 6.60. The number of nitriles is 2. The van der Waals surface area contributed by atoms with Gasteiger partial charge in [0.2, 0.25) is 11.8 Å². The molecule has 198 valence electrons. The summed E-state index contributed by atoms with van der Waals surface area (Å²) < 4.78 is 0. The van der Waals surface area contributed by atoms with Gasteiger partial charge in [-0.1, -0.05) is 47.1 Å². The number of halogens is 2. The lowest BCUT2D eigenvalue weighted by molar-refractivity contribution is -0.121. The van der Waals surface area contributed by atoms with Crippen LogP contribution in [-0.4, -0.2) is 27.8 Å². The number of ketones is 1. The van der Waals surface area contributed by atoms with E-state index >= 15 is 0 Å². The Kier molecular flexibility index (Phi) is 7.64. The molecule has 1 aliphatic carbocycles. The third kappa shape index (κ3) is 5.20. The lowest BCUT2D eigenvalue weighted by Gasteiger charge is -2.16. The maximum atomic E-state index is 13.3. The van der Waals surface area contributed by atoms with Crippen molar-refractivity contribution in [3.8, 4) is 12.1 Å². The Balaban J connectivity index is 1.34. The van der Waals surface area contributed by atoms with E-state index in [1.54, 1.807) is 24.3 Å². The smallest absolute Gasteiger partial charge is 0.247 e. The van der Waals surface area contributed by atoms with Crippen molar-refractivity contribution in [1.82, 2.24) is 4.98 Å². The number of carbonyl (C=O) groups is 3. The lowest BCUT2D eigenvalue weighted by Crippen LogP contribution is -2.31. The highest BCUT2D eigenvalue weighted by molar-refractivity contribution is 8.00. The molecule has 0 radical (unpaired) electrons. The molecule has 2 amide bonds. The van der Waals surface area contributed by atoms with Crippen LogP contribution in [-0.2, 0) is 9.59 Å². The Morgan fingerprint density at radius 3 is 2.42 bits per heavy atom. The van der Waals surface area contributed by atoms with Gasteiger partial charge >= 0.3 is 0 Å².